The Morgan fingerprint density at radius 3 is 2.50 bits per heavy atom. The summed E-state index contributed by atoms with van der Waals surface area (Å²) in [5.41, 5.74) is 1.20. The summed E-state index contributed by atoms with van der Waals surface area (Å²) in [7, 11) is 1.59. The second kappa shape index (κ2) is 6.18. The molecule has 18 heavy (non-hydrogen) atoms. The second-order valence-corrected chi connectivity index (χ2v) is 4.72. The van der Waals surface area contributed by atoms with Crippen LogP contribution in [0.3, 0.4) is 0 Å². The maximum absolute atomic E-state index is 11.8. The number of hydrogen-bond acceptors (Lipinski definition) is 3. The first kappa shape index (κ1) is 14.2. The van der Waals surface area contributed by atoms with E-state index < -0.39 is 5.60 Å². The van der Waals surface area contributed by atoms with Crippen LogP contribution in [-0.2, 0) is 16.0 Å². The van der Waals surface area contributed by atoms with E-state index in [1.165, 1.54) is 0 Å². The van der Waals surface area contributed by atoms with Crippen LogP contribution in [0.1, 0.15) is 25.8 Å². The first-order valence-corrected chi connectivity index (χ1v) is 5.78. The number of nitriles is 1. The van der Waals surface area contributed by atoms with Crippen LogP contribution in [0, 0.1) is 11.3 Å². The molecule has 0 radical (unpaired) electrons. The molecule has 96 valence electrons. The maximum Gasteiger partial charge on any atom is 0.227 e. The smallest absolute Gasteiger partial charge is 0.227 e. The van der Waals surface area contributed by atoms with E-state index in [0.29, 0.717) is 12.8 Å². The van der Waals surface area contributed by atoms with E-state index in [1.54, 1.807) is 19.2 Å². The molecule has 0 heterocycles. The van der Waals surface area contributed by atoms with Crippen molar-refractivity contribution in [3.63, 3.8) is 0 Å². The number of hydrogen-bond donors (Lipinski definition) is 1. The van der Waals surface area contributed by atoms with E-state index >= 15 is 0 Å². The summed E-state index contributed by atoms with van der Waals surface area (Å²) in [6.07, 6.45) is 0.675. The fourth-order valence-electron chi connectivity index (χ4n) is 1.46. The molecule has 0 aliphatic carbocycles. The van der Waals surface area contributed by atoms with Gasteiger partial charge in [-0.15, -0.1) is 0 Å². The van der Waals surface area contributed by atoms with Crippen LogP contribution in [-0.4, -0.2) is 18.6 Å². The number of carbonyl (C=O) groups excluding carboxylic acids is 1. The van der Waals surface area contributed by atoms with Gasteiger partial charge in [-0.2, -0.15) is 5.26 Å². The Morgan fingerprint density at radius 1 is 1.39 bits per heavy atom. The molecule has 0 saturated carbocycles. The molecule has 0 bridgehead atoms. The summed E-state index contributed by atoms with van der Waals surface area (Å²) in [6, 6.07) is 9.34. The van der Waals surface area contributed by atoms with Gasteiger partial charge in [-0.1, -0.05) is 12.1 Å². The van der Waals surface area contributed by atoms with E-state index in [-0.39, 0.29) is 5.91 Å². The lowest BCUT2D eigenvalue weighted by Crippen LogP contribution is -2.29. The molecule has 0 spiro atoms. The van der Waals surface area contributed by atoms with Crippen molar-refractivity contribution in [1.82, 2.24) is 0 Å². The SMILES string of the molecule is COC(C)(C)CC(=O)Nc1ccc(CC#N)cc1. The number of nitrogens with zero attached hydrogens (tertiary/aromatic N) is 1. The Bertz CT molecular complexity index is 444. The predicted octanol–water partition coefficient (Wildman–Crippen LogP) is 2.51. The summed E-state index contributed by atoms with van der Waals surface area (Å²) in [4.78, 5) is 11.8. The Morgan fingerprint density at radius 2 is 2.00 bits per heavy atom. The van der Waals surface area contributed by atoms with Gasteiger partial charge in [0, 0.05) is 12.8 Å². The summed E-state index contributed by atoms with van der Waals surface area (Å²) >= 11 is 0. The molecule has 0 aliphatic rings. The summed E-state index contributed by atoms with van der Waals surface area (Å²) in [5, 5.41) is 11.4. The highest BCUT2D eigenvalue weighted by Gasteiger charge is 2.20. The van der Waals surface area contributed by atoms with E-state index in [4.69, 9.17) is 10.00 Å². The highest BCUT2D eigenvalue weighted by Crippen LogP contribution is 2.15. The summed E-state index contributed by atoms with van der Waals surface area (Å²) in [5.74, 6) is -0.0881. The summed E-state index contributed by atoms with van der Waals surface area (Å²) in [6.45, 7) is 3.73. The van der Waals surface area contributed by atoms with E-state index in [0.717, 1.165) is 11.3 Å². The average molecular weight is 246 g/mol. The third-order valence-corrected chi connectivity index (χ3v) is 2.66. The average Bonchev–Trinajstić information content (AvgIpc) is 2.31. The van der Waals surface area contributed by atoms with Gasteiger partial charge >= 0.3 is 0 Å². The third-order valence-electron chi connectivity index (χ3n) is 2.66. The van der Waals surface area contributed by atoms with Gasteiger partial charge in [0.05, 0.1) is 24.5 Å². The first-order valence-electron chi connectivity index (χ1n) is 5.78. The normalized spacial score (nSPS) is 10.8. The van der Waals surface area contributed by atoms with Crippen molar-refractivity contribution in [3.8, 4) is 6.07 Å². The fourth-order valence-corrected chi connectivity index (χ4v) is 1.46. The van der Waals surface area contributed by atoms with Crippen molar-refractivity contribution >= 4 is 11.6 Å². The van der Waals surface area contributed by atoms with Crippen molar-refractivity contribution in [1.29, 1.82) is 5.26 Å². The molecular formula is C14H18N2O2. The first-order chi connectivity index (χ1) is 8.46. The molecule has 4 nitrogen and oxygen atoms in total. The molecule has 0 fully saturated rings. The second-order valence-electron chi connectivity index (χ2n) is 4.72. The van der Waals surface area contributed by atoms with Gasteiger partial charge in [0.2, 0.25) is 5.91 Å². The largest absolute Gasteiger partial charge is 0.378 e. The van der Waals surface area contributed by atoms with Gasteiger partial charge in [-0.05, 0) is 31.5 Å². The molecule has 0 atom stereocenters. The molecule has 1 N–H and O–H groups in total. The van der Waals surface area contributed by atoms with Gasteiger partial charge in [0.15, 0.2) is 0 Å². The number of ether oxygens (including phenoxy) is 1. The number of methoxy groups -OCH3 is 1. The number of anilines is 1. The zero-order valence-electron chi connectivity index (χ0n) is 11.0. The molecule has 0 aliphatic heterocycles. The van der Waals surface area contributed by atoms with Crippen molar-refractivity contribution in [2.75, 3.05) is 12.4 Å². The van der Waals surface area contributed by atoms with Gasteiger partial charge < -0.3 is 10.1 Å². The van der Waals surface area contributed by atoms with Gasteiger partial charge in [-0.3, -0.25) is 4.79 Å². The van der Waals surface area contributed by atoms with Crippen LogP contribution < -0.4 is 5.32 Å². The van der Waals surface area contributed by atoms with E-state index in [2.05, 4.69) is 11.4 Å². The maximum atomic E-state index is 11.8. The Hall–Kier alpha value is -1.86. The lowest BCUT2D eigenvalue weighted by Gasteiger charge is -2.21. The molecular weight excluding hydrogens is 228 g/mol. The molecule has 0 unspecified atom stereocenters. The fraction of sp³-hybridized carbons (Fsp3) is 0.429. The van der Waals surface area contributed by atoms with Crippen LogP contribution in [0.5, 0.6) is 0 Å². The van der Waals surface area contributed by atoms with E-state index in [9.17, 15) is 4.79 Å². The monoisotopic (exact) mass is 246 g/mol. The Labute approximate surface area is 108 Å². The van der Waals surface area contributed by atoms with Crippen LogP contribution in [0.2, 0.25) is 0 Å². The summed E-state index contributed by atoms with van der Waals surface area (Å²) < 4.78 is 5.20. The van der Waals surface area contributed by atoms with Gasteiger partial charge in [-0.25, -0.2) is 0 Å². The number of amides is 1. The van der Waals surface area contributed by atoms with Gasteiger partial charge in [0.25, 0.3) is 0 Å². The van der Waals surface area contributed by atoms with Gasteiger partial charge in [0.1, 0.15) is 0 Å². The Kier molecular flexibility index (Phi) is 4.87. The molecule has 0 aromatic heterocycles. The van der Waals surface area contributed by atoms with Crippen molar-refractivity contribution in [3.05, 3.63) is 29.8 Å². The van der Waals surface area contributed by atoms with Crippen molar-refractivity contribution < 1.29 is 9.53 Å². The minimum absolute atomic E-state index is 0.0881. The quantitative estimate of drug-likeness (QED) is 0.868. The molecule has 4 heteroatoms. The van der Waals surface area contributed by atoms with Crippen LogP contribution in [0.25, 0.3) is 0 Å². The van der Waals surface area contributed by atoms with E-state index in [1.807, 2.05) is 26.0 Å². The predicted molar refractivity (Wildman–Crippen MR) is 70.1 cm³/mol. The zero-order chi connectivity index (χ0) is 13.6. The highest BCUT2D eigenvalue weighted by atomic mass is 16.5. The lowest BCUT2D eigenvalue weighted by atomic mass is 10.0. The minimum atomic E-state index is -0.467. The topological polar surface area (TPSA) is 62.1 Å². The zero-order valence-corrected chi connectivity index (χ0v) is 11.0. The lowest BCUT2D eigenvalue weighted by molar-refractivity contribution is -0.121. The van der Waals surface area contributed by atoms with Crippen LogP contribution in [0.15, 0.2) is 24.3 Å². The number of nitrogens with one attached hydrogen (secondary N) is 1. The van der Waals surface area contributed by atoms with Crippen LogP contribution >= 0.6 is 0 Å². The standard InChI is InChI=1S/C14H18N2O2/c1-14(2,18-3)10-13(17)16-12-6-4-11(5-7-12)8-9-15/h4-7H,8,10H2,1-3H3,(H,16,17). The molecule has 1 amide bonds. The van der Waals surface area contributed by atoms with Crippen LogP contribution in [0.4, 0.5) is 5.69 Å². The van der Waals surface area contributed by atoms with Crippen molar-refractivity contribution in [2.45, 2.75) is 32.3 Å². The molecule has 1 rings (SSSR count). The Balaban J connectivity index is 2.57. The minimum Gasteiger partial charge on any atom is -0.378 e. The molecule has 0 saturated heterocycles. The highest BCUT2D eigenvalue weighted by molar-refractivity contribution is 5.91. The number of carbonyl (C=O) groups is 1. The number of benzene rings is 1. The third kappa shape index (κ3) is 4.56. The molecule has 1 aromatic carbocycles. The van der Waals surface area contributed by atoms with Crippen molar-refractivity contribution in [2.24, 2.45) is 0 Å². The number of rotatable bonds is 5. The molecule has 1 aromatic rings.